The fraction of sp³-hybridized carbons (Fsp3) is 0.520. The van der Waals surface area contributed by atoms with E-state index in [2.05, 4.69) is 6.92 Å². The Hall–Kier alpha value is -1.77. The third-order valence-corrected chi connectivity index (χ3v) is 7.14. The molecule has 0 nitrogen and oxygen atoms in total. The monoisotopic (exact) mass is 386 g/mol. The Morgan fingerprint density at radius 3 is 1.82 bits per heavy atom. The van der Waals surface area contributed by atoms with Crippen molar-refractivity contribution >= 4 is 0 Å². The van der Waals surface area contributed by atoms with Gasteiger partial charge in [0.1, 0.15) is 17.5 Å². The molecule has 0 N–H and O–H groups in total. The van der Waals surface area contributed by atoms with Gasteiger partial charge in [0.15, 0.2) is 0 Å². The first-order chi connectivity index (χ1) is 13.5. The molecule has 150 valence electrons. The van der Waals surface area contributed by atoms with E-state index in [1.807, 2.05) is 6.07 Å². The fourth-order valence-corrected chi connectivity index (χ4v) is 5.41. The molecular formula is C25H29F3. The maximum atomic E-state index is 14.7. The first kappa shape index (κ1) is 19.5. The van der Waals surface area contributed by atoms with Crippen LogP contribution in [0.25, 0.3) is 11.1 Å². The molecule has 28 heavy (non-hydrogen) atoms. The van der Waals surface area contributed by atoms with Crippen LogP contribution in [0.15, 0.2) is 36.4 Å². The summed E-state index contributed by atoms with van der Waals surface area (Å²) < 4.78 is 41.6. The Labute approximate surface area is 166 Å². The van der Waals surface area contributed by atoms with E-state index in [1.165, 1.54) is 50.7 Å². The number of halogens is 3. The molecule has 4 rings (SSSR count). The van der Waals surface area contributed by atoms with Crippen LogP contribution in [0.2, 0.25) is 0 Å². The standard InChI is InChI=1S/C25H29F3/c1-16-2-4-17(5-3-16)18-6-8-19(9-7-18)20-10-11-24(25(28)14-20)21-12-22(26)15-23(27)13-21/h10-19H,2-9H2,1H3. The highest BCUT2D eigenvalue weighted by Gasteiger charge is 2.30. The van der Waals surface area contributed by atoms with Gasteiger partial charge in [-0.15, -0.1) is 0 Å². The molecule has 2 aliphatic carbocycles. The Kier molecular flexibility index (Phi) is 5.80. The van der Waals surface area contributed by atoms with Gasteiger partial charge in [-0.3, -0.25) is 0 Å². The molecule has 0 aromatic heterocycles. The average molecular weight is 387 g/mol. The molecule has 2 saturated carbocycles. The lowest BCUT2D eigenvalue weighted by molar-refractivity contribution is 0.165. The van der Waals surface area contributed by atoms with E-state index in [0.717, 1.165) is 42.2 Å². The second-order valence-electron chi connectivity index (χ2n) is 9.03. The van der Waals surface area contributed by atoms with Gasteiger partial charge in [0.05, 0.1) is 0 Å². The van der Waals surface area contributed by atoms with Crippen molar-refractivity contribution in [3.05, 3.63) is 59.4 Å². The topological polar surface area (TPSA) is 0 Å². The largest absolute Gasteiger partial charge is 0.207 e. The van der Waals surface area contributed by atoms with Gasteiger partial charge < -0.3 is 0 Å². The van der Waals surface area contributed by atoms with Gasteiger partial charge in [-0.2, -0.15) is 0 Å². The van der Waals surface area contributed by atoms with Crippen LogP contribution in [-0.4, -0.2) is 0 Å². The van der Waals surface area contributed by atoms with Crippen molar-refractivity contribution in [2.75, 3.05) is 0 Å². The van der Waals surface area contributed by atoms with Crippen LogP contribution in [0.4, 0.5) is 13.2 Å². The number of hydrogen-bond donors (Lipinski definition) is 0. The SMILES string of the molecule is CC1CCC(C2CCC(c3ccc(-c4cc(F)cc(F)c4)c(F)c3)CC2)CC1. The van der Waals surface area contributed by atoms with Crippen LogP contribution < -0.4 is 0 Å². The van der Waals surface area contributed by atoms with Crippen molar-refractivity contribution in [3.8, 4) is 11.1 Å². The van der Waals surface area contributed by atoms with Crippen molar-refractivity contribution in [2.45, 2.75) is 64.2 Å². The Morgan fingerprint density at radius 2 is 1.25 bits per heavy atom. The molecule has 2 aromatic carbocycles. The molecule has 0 radical (unpaired) electrons. The maximum absolute atomic E-state index is 14.7. The third-order valence-electron chi connectivity index (χ3n) is 7.14. The zero-order valence-electron chi connectivity index (χ0n) is 16.6. The summed E-state index contributed by atoms with van der Waals surface area (Å²) in [6, 6.07) is 8.35. The molecule has 2 aliphatic rings. The molecule has 0 unspecified atom stereocenters. The maximum Gasteiger partial charge on any atom is 0.131 e. The second-order valence-corrected chi connectivity index (χ2v) is 9.03. The number of benzene rings is 2. The average Bonchev–Trinajstić information content (AvgIpc) is 2.68. The summed E-state index contributed by atoms with van der Waals surface area (Å²) in [5, 5.41) is 0. The first-order valence-corrected chi connectivity index (χ1v) is 10.8. The minimum absolute atomic E-state index is 0.247. The van der Waals surface area contributed by atoms with Gasteiger partial charge >= 0.3 is 0 Å². The van der Waals surface area contributed by atoms with Crippen LogP contribution in [-0.2, 0) is 0 Å². The van der Waals surface area contributed by atoms with E-state index in [-0.39, 0.29) is 11.1 Å². The molecule has 2 fully saturated rings. The highest BCUT2D eigenvalue weighted by atomic mass is 19.1. The lowest BCUT2D eigenvalue weighted by Gasteiger charge is -2.37. The molecule has 3 heteroatoms. The van der Waals surface area contributed by atoms with Crippen LogP contribution >= 0.6 is 0 Å². The highest BCUT2D eigenvalue weighted by Crippen LogP contribution is 2.44. The van der Waals surface area contributed by atoms with Gasteiger partial charge in [0.2, 0.25) is 0 Å². The minimum atomic E-state index is -0.686. The van der Waals surface area contributed by atoms with Gasteiger partial charge in [0, 0.05) is 11.6 Å². The van der Waals surface area contributed by atoms with E-state index in [0.29, 0.717) is 5.92 Å². The van der Waals surface area contributed by atoms with Gasteiger partial charge in [-0.25, -0.2) is 13.2 Å². The molecular weight excluding hydrogens is 357 g/mol. The van der Waals surface area contributed by atoms with E-state index >= 15 is 0 Å². The van der Waals surface area contributed by atoms with Crippen LogP contribution in [0.5, 0.6) is 0 Å². The summed E-state index contributed by atoms with van der Waals surface area (Å²) >= 11 is 0. The molecule has 0 bridgehead atoms. The molecule has 0 aliphatic heterocycles. The van der Waals surface area contributed by atoms with Crippen molar-refractivity contribution in [3.63, 3.8) is 0 Å². The summed E-state index contributed by atoms with van der Waals surface area (Å²) in [4.78, 5) is 0. The van der Waals surface area contributed by atoms with Gasteiger partial charge in [0.25, 0.3) is 0 Å². The first-order valence-electron chi connectivity index (χ1n) is 10.8. The number of rotatable bonds is 3. The van der Waals surface area contributed by atoms with Crippen LogP contribution in [0.3, 0.4) is 0 Å². The molecule has 0 saturated heterocycles. The van der Waals surface area contributed by atoms with E-state index < -0.39 is 17.5 Å². The predicted molar refractivity (Wildman–Crippen MR) is 108 cm³/mol. The van der Waals surface area contributed by atoms with E-state index in [4.69, 9.17) is 0 Å². The Morgan fingerprint density at radius 1 is 0.679 bits per heavy atom. The van der Waals surface area contributed by atoms with Crippen molar-refractivity contribution in [1.82, 2.24) is 0 Å². The summed E-state index contributed by atoms with van der Waals surface area (Å²) in [6.07, 6.45) is 10.2. The van der Waals surface area contributed by atoms with Crippen molar-refractivity contribution in [2.24, 2.45) is 17.8 Å². The van der Waals surface area contributed by atoms with E-state index in [1.54, 1.807) is 12.1 Å². The Balaban J connectivity index is 1.42. The smallest absolute Gasteiger partial charge is 0.131 e. The summed E-state index contributed by atoms with van der Waals surface area (Å²) in [5.74, 6) is 1.24. The minimum Gasteiger partial charge on any atom is -0.207 e. The third kappa shape index (κ3) is 4.29. The molecule has 2 aromatic rings. The fourth-order valence-electron chi connectivity index (χ4n) is 5.41. The van der Waals surface area contributed by atoms with Gasteiger partial charge in [-0.1, -0.05) is 31.9 Å². The quantitative estimate of drug-likeness (QED) is 0.503. The summed E-state index contributed by atoms with van der Waals surface area (Å²) in [6.45, 7) is 2.36. The molecule has 0 heterocycles. The van der Waals surface area contributed by atoms with Crippen molar-refractivity contribution < 1.29 is 13.2 Å². The van der Waals surface area contributed by atoms with Crippen molar-refractivity contribution in [1.29, 1.82) is 0 Å². The molecule has 0 amide bonds. The highest BCUT2D eigenvalue weighted by molar-refractivity contribution is 5.64. The predicted octanol–water partition coefficient (Wildman–Crippen LogP) is 7.87. The molecule has 0 spiro atoms. The zero-order chi connectivity index (χ0) is 19.7. The Bertz CT molecular complexity index is 792. The lowest BCUT2D eigenvalue weighted by Crippen LogP contribution is -2.24. The molecule has 0 atom stereocenters. The summed E-state index contributed by atoms with van der Waals surface area (Å²) in [7, 11) is 0. The second kappa shape index (κ2) is 8.31. The lowest BCUT2D eigenvalue weighted by atomic mass is 9.68. The summed E-state index contributed by atoms with van der Waals surface area (Å²) in [5.41, 5.74) is 1.53. The zero-order valence-corrected chi connectivity index (χ0v) is 16.6. The van der Waals surface area contributed by atoms with Gasteiger partial charge in [-0.05, 0) is 91.5 Å². The van der Waals surface area contributed by atoms with Crippen LogP contribution in [0.1, 0.15) is 69.8 Å². The van der Waals surface area contributed by atoms with Crippen LogP contribution in [0, 0.1) is 35.2 Å². The normalized spacial score (nSPS) is 28.3. The van der Waals surface area contributed by atoms with E-state index in [9.17, 15) is 13.2 Å². The number of hydrogen-bond acceptors (Lipinski definition) is 0.